The predicted octanol–water partition coefficient (Wildman–Crippen LogP) is 3.36. The third-order valence-electron chi connectivity index (χ3n) is 3.32. The molecule has 1 N–H and O–H groups in total. The second-order valence-electron chi connectivity index (χ2n) is 5.13. The van der Waals surface area contributed by atoms with Gasteiger partial charge < -0.3 is 5.32 Å². The minimum absolute atomic E-state index is 0.485. The highest BCUT2D eigenvalue weighted by atomic mass is 15.0. The summed E-state index contributed by atoms with van der Waals surface area (Å²) < 4.78 is 0. The average molecular weight is 203 g/mol. The third-order valence-corrected chi connectivity index (χ3v) is 3.32. The van der Waals surface area contributed by atoms with Gasteiger partial charge in [-0.3, -0.25) is 0 Å². The Morgan fingerprint density at radius 1 is 1.20 bits per heavy atom. The fraction of sp³-hybridized carbons (Fsp3) is 0.571. The Kier molecular flexibility index (Phi) is 2.83. The number of hydrogen-bond donors (Lipinski definition) is 1. The first-order chi connectivity index (χ1) is 7.06. The molecule has 82 valence electrons. The van der Waals surface area contributed by atoms with Crippen LogP contribution in [-0.2, 0) is 0 Å². The molecule has 0 spiro atoms. The maximum Gasteiger partial charge on any atom is 0.0294 e. The molecule has 1 nitrogen and oxygen atoms in total. The van der Waals surface area contributed by atoms with Gasteiger partial charge in [-0.2, -0.15) is 0 Å². The first-order valence-electron chi connectivity index (χ1n) is 5.90. The maximum atomic E-state index is 3.67. The Morgan fingerprint density at radius 3 is 2.20 bits per heavy atom. The second-order valence-corrected chi connectivity index (χ2v) is 5.13. The summed E-state index contributed by atoms with van der Waals surface area (Å²) in [5.74, 6) is 0.873. The summed E-state index contributed by atoms with van der Waals surface area (Å²) in [6, 6.07) is 8.05. The Bertz CT molecular complexity index is 336. The number of nitrogens with one attached hydrogen (secondary N) is 1. The number of rotatable bonds is 3. The van der Waals surface area contributed by atoms with Crippen molar-refractivity contribution in [1.29, 1.82) is 0 Å². The van der Waals surface area contributed by atoms with E-state index in [0.717, 1.165) is 12.0 Å². The highest BCUT2D eigenvalue weighted by molar-refractivity contribution is 5.30. The van der Waals surface area contributed by atoms with Crippen LogP contribution in [0.25, 0.3) is 0 Å². The summed E-state index contributed by atoms with van der Waals surface area (Å²) in [6.45, 7) is 8.91. The van der Waals surface area contributed by atoms with Gasteiger partial charge in [0.2, 0.25) is 0 Å². The zero-order valence-electron chi connectivity index (χ0n) is 10.2. The van der Waals surface area contributed by atoms with Crippen molar-refractivity contribution in [2.75, 3.05) is 0 Å². The Labute approximate surface area is 92.9 Å². The van der Waals surface area contributed by atoms with Gasteiger partial charge in [0.25, 0.3) is 0 Å². The van der Waals surface area contributed by atoms with Crippen molar-refractivity contribution in [2.24, 2.45) is 5.92 Å². The van der Waals surface area contributed by atoms with Gasteiger partial charge in [0, 0.05) is 12.1 Å². The Balaban J connectivity index is 2.07. The number of hydrogen-bond acceptors (Lipinski definition) is 1. The molecule has 0 saturated heterocycles. The van der Waals surface area contributed by atoms with Crippen molar-refractivity contribution in [3.8, 4) is 0 Å². The molecule has 0 radical (unpaired) electrons. The summed E-state index contributed by atoms with van der Waals surface area (Å²) in [5.41, 5.74) is 4.15. The molecule has 0 aromatic heterocycles. The van der Waals surface area contributed by atoms with Crippen LogP contribution < -0.4 is 5.32 Å². The second kappa shape index (κ2) is 3.97. The molecule has 0 bridgehead atoms. The summed E-state index contributed by atoms with van der Waals surface area (Å²) in [5, 5.41) is 3.67. The number of benzene rings is 1. The van der Waals surface area contributed by atoms with Gasteiger partial charge in [-0.15, -0.1) is 0 Å². The standard InChI is InChI=1S/C14H21N/c1-9-5-10(2)7-13(6-9)12(4)15-14-8-11(14)3/h5-7,11-12,14-15H,8H2,1-4H3. The van der Waals surface area contributed by atoms with Crippen LogP contribution in [-0.4, -0.2) is 6.04 Å². The van der Waals surface area contributed by atoms with E-state index in [1.165, 1.54) is 23.1 Å². The van der Waals surface area contributed by atoms with Gasteiger partial charge in [0.1, 0.15) is 0 Å². The first kappa shape index (κ1) is 10.7. The average Bonchev–Trinajstić information content (AvgIpc) is 2.79. The molecule has 0 heterocycles. The van der Waals surface area contributed by atoms with Gasteiger partial charge in [-0.25, -0.2) is 0 Å². The van der Waals surface area contributed by atoms with Gasteiger partial charge in [0.15, 0.2) is 0 Å². The lowest BCUT2D eigenvalue weighted by molar-refractivity contribution is 0.551. The molecule has 1 aliphatic carbocycles. The van der Waals surface area contributed by atoms with Crippen LogP contribution in [0.1, 0.15) is 43.0 Å². The highest BCUT2D eigenvalue weighted by Gasteiger charge is 2.33. The van der Waals surface area contributed by atoms with Gasteiger partial charge in [-0.05, 0) is 38.7 Å². The van der Waals surface area contributed by atoms with E-state index in [2.05, 4.69) is 51.2 Å². The molecule has 1 saturated carbocycles. The molecule has 0 aliphatic heterocycles. The monoisotopic (exact) mass is 203 g/mol. The molecule has 1 aromatic carbocycles. The SMILES string of the molecule is Cc1cc(C)cc(C(C)NC2CC2C)c1. The van der Waals surface area contributed by atoms with Gasteiger partial charge in [-0.1, -0.05) is 36.2 Å². The predicted molar refractivity (Wildman–Crippen MR) is 65.0 cm³/mol. The molecule has 3 atom stereocenters. The van der Waals surface area contributed by atoms with Crippen molar-refractivity contribution in [1.82, 2.24) is 5.32 Å². The Hall–Kier alpha value is -0.820. The summed E-state index contributed by atoms with van der Waals surface area (Å²) in [6.07, 6.45) is 1.34. The topological polar surface area (TPSA) is 12.0 Å². The quantitative estimate of drug-likeness (QED) is 0.794. The summed E-state index contributed by atoms with van der Waals surface area (Å²) in [4.78, 5) is 0. The lowest BCUT2D eigenvalue weighted by atomic mass is 10.0. The van der Waals surface area contributed by atoms with Crippen LogP contribution in [0.2, 0.25) is 0 Å². The first-order valence-corrected chi connectivity index (χ1v) is 5.90. The molecule has 1 fully saturated rings. The lowest BCUT2D eigenvalue weighted by Gasteiger charge is -2.15. The zero-order chi connectivity index (χ0) is 11.0. The normalized spacial score (nSPS) is 26.4. The molecule has 1 heteroatoms. The maximum absolute atomic E-state index is 3.67. The largest absolute Gasteiger partial charge is 0.307 e. The van der Waals surface area contributed by atoms with E-state index in [9.17, 15) is 0 Å². The van der Waals surface area contributed by atoms with E-state index >= 15 is 0 Å². The zero-order valence-corrected chi connectivity index (χ0v) is 10.2. The molecule has 1 aromatic rings. The minimum atomic E-state index is 0.485. The van der Waals surface area contributed by atoms with E-state index in [1.54, 1.807) is 0 Å². The molecule has 3 unspecified atom stereocenters. The van der Waals surface area contributed by atoms with Crippen LogP contribution in [0.3, 0.4) is 0 Å². The molecule has 0 amide bonds. The fourth-order valence-electron chi connectivity index (χ4n) is 2.23. The van der Waals surface area contributed by atoms with E-state index in [4.69, 9.17) is 0 Å². The molecule has 15 heavy (non-hydrogen) atoms. The third kappa shape index (κ3) is 2.60. The molecule has 2 rings (SSSR count). The van der Waals surface area contributed by atoms with E-state index in [0.29, 0.717) is 6.04 Å². The summed E-state index contributed by atoms with van der Waals surface area (Å²) in [7, 11) is 0. The molecular formula is C14H21N. The van der Waals surface area contributed by atoms with Crippen molar-refractivity contribution >= 4 is 0 Å². The molecular weight excluding hydrogens is 182 g/mol. The highest BCUT2D eigenvalue weighted by Crippen LogP contribution is 2.31. The van der Waals surface area contributed by atoms with E-state index in [1.807, 2.05) is 0 Å². The summed E-state index contributed by atoms with van der Waals surface area (Å²) >= 11 is 0. The van der Waals surface area contributed by atoms with Gasteiger partial charge >= 0.3 is 0 Å². The Morgan fingerprint density at radius 2 is 1.73 bits per heavy atom. The fourth-order valence-corrected chi connectivity index (χ4v) is 2.23. The van der Waals surface area contributed by atoms with Crippen molar-refractivity contribution in [3.63, 3.8) is 0 Å². The van der Waals surface area contributed by atoms with Crippen LogP contribution in [0.15, 0.2) is 18.2 Å². The number of aryl methyl sites for hydroxylation is 2. The van der Waals surface area contributed by atoms with E-state index in [-0.39, 0.29) is 0 Å². The van der Waals surface area contributed by atoms with E-state index < -0.39 is 0 Å². The minimum Gasteiger partial charge on any atom is -0.307 e. The van der Waals surface area contributed by atoms with Crippen LogP contribution >= 0.6 is 0 Å². The van der Waals surface area contributed by atoms with Crippen molar-refractivity contribution in [3.05, 3.63) is 34.9 Å². The lowest BCUT2D eigenvalue weighted by Crippen LogP contribution is -2.22. The van der Waals surface area contributed by atoms with Crippen LogP contribution in [0.4, 0.5) is 0 Å². The van der Waals surface area contributed by atoms with Crippen LogP contribution in [0, 0.1) is 19.8 Å². The van der Waals surface area contributed by atoms with Crippen molar-refractivity contribution in [2.45, 2.75) is 46.2 Å². The van der Waals surface area contributed by atoms with Gasteiger partial charge in [0.05, 0.1) is 0 Å². The van der Waals surface area contributed by atoms with Crippen molar-refractivity contribution < 1.29 is 0 Å². The molecule has 1 aliphatic rings. The van der Waals surface area contributed by atoms with Crippen LogP contribution in [0.5, 0.6) is 0 Å². The smallest absolute Gasteiger partial charge is 0.0294 e.